The van der Waals surface area contributed by atoms with Gasteiger partial charge in [0.25, 0.3) is 0 Å². The van der Waals surface area contributed by atoms with E-state index in [4.69, 9.17) is 5.73 Å². The van der Waals surface area contributed by atoms with E-state index in [1.54, 1.807) is 66.6 Å². The molecule has 11 aliphatic rings. The summed E-state index contributed by atoms with van der Waals surface area (Å²) in [5.74, 6) is 0.334. The van der Waals surface area contributed by atoms with Gasteiger partial charge in [-0.05, 0) is 175 Å². The van der Waals surface area contributed by atoms with Crippen molar-refractivity contribution in [2.24, 2.45) is 5.73 Å². The van der Waals surface area contributed by atoms with E-state index in [1.807, 2.05) is 30.3 Å². The number of hydrogen-bond donors (Lipinski definition) is 2. The summed E-state index contributed by atoms with van der Waals surface area (Å²) in [4.78, 5) is 22.1. The Morgan fingerprint density at radius 3 is 1.56 bits per heavy atom. The van der Waals surface area contributed by atoms with Gasteiger partial charge in [-0.25, -0.2) is 0 Å². The molecule has 16 rings (SSSR count). The minimum Gasteiger partial charge on any atom is -0.381 e. The van der Waals surface area contributed by atoms with E-state index in [9.17, 15) is 4.79 Å². The summed E-state index contributed by atoms with van der Waals surface area (Å²) in [5.41, 5.74) is 31.9. The van der Waals surface area contributed by atoms with Gasteiger partial charge in [0.15, 0.2) is 5.78 Å². The molecule has 5 aromatic carbocycles. The first-order valence-corrected chi connectivity index (χ1v) is 36.2. The van der Waals surface area contributed by atoms with Crippen LogP contribution in [-0.2, 0) is 51.6 Å². The second-order valence-electron chi connectivity index (χ2n) is 25.2. The summed E-state index contributed by atoms with van der Waals surface area (Å²) in [5, 5.41) is 10.6. The number of ketones is 1. The van der Waals surface area contributed by atoms with Crippen molar-refractivity contribution in [2.45, 2.75) is 142 Å². The molecule has 0 atom stereocenters. The number of allylic oxidation sites excluding steroid dienone is 3. The van der Waals surface area contributed by atoms with Gasteiger partial charge in [0.2, 0.25) is 0 Å². The van der Waals surface area contributed by atoms with Crippen LogP contribution in [0.5, 0.6) is 0 Å². The van der Waals surface area contributed by atoms with Gasteiger partial charge in [-0.1, -0.05) is 109 Å². The predicted octanol–water partition coefficient (Wildman–Crippen LogP) is 10.4. The van der Waals surface area contributed by atoms with Crippen molar-refractivity contribution in [1.29, 1.82) is 0 Å². The molecule has 0 unspecified atom stereocenters. The fraction of sp³-hybridized carbons (Fsp3) is 0.426. The molecule has 0 saturated carbocycles. The lowest BCUT2D eigenvalue weighted by Crippen LogP contribution is -2.63. The van der Waals surface area contributed by atoms with Crippen LogP contribution in [0.2, 0.25) is 26.2 Å². The smallest absolute Gasteiger partial charge is 0.192 e. The summed E-state index contributed by atoms with van der Waals surface area (Å²) in [6, 6.07) is 29.9. The van der Waals surface area contributed by atoms with Crippen LogP contribution in [0, 0.1) is 6.04 Å². The van der Waals surface area contributed by atoms with Gasteiger partial charge in [-0.3, -0.25) is 9.37 Å². The monoisotopic (exact) mass is 1050 g/mol. The molecule has 0 amide bonds. The first-order valence-electron chi connectivity index (χ1n) is 30.2. The van der Waals surface area contributed by atoms with Crippen molar-refractivity contribution in [3.8, 4) is 0 Å². The first kappa shape index (κ1) is 49.4. The molecule has 9 heteroatoms. The molecule has 10 heterocycles. The molecule has 1 aliphatic carbocycles. The minimum absolute atomic E-state index is 0.334. The molecule has 3 N–H and O–H groups in total. The molecule has 7 nitrogen and oxygen atoms in total. The van der Waals surface area contributed by atoms with Crippen molar-refractivity contribution >= 4 is 66.5 Å². The van der Waals surface area contributed by atoms with Crippen LogP contribution >= 0.6 is 0 Å². The molecule has 0 radical (unpaired) electrons. The summed E-state index contributed by atoms with van der Waals surface area (Å²) in [6.45, 7) is 20.4. The Labute approximate surface area is 461 Å². The maximum absolute atomic E-state index is 14.1. The minimum atomic E-state index is -1.99. The van der Waals surface area contributed by atoms with Crippen LogP contribution in [0.15, 0.2) is 107 Å². The topological polar surface area (TPSA) is 67.9 Å². The van der Waals surface area contributed by atoms with Crippen LogP contribution in [-0.4, -0.2) is 78.5 Å². The summed E-state index contributed by atoms with van der Waals surface area (Å²) >= 11 is 0. The van der Waals surface area contributed by atoms with Crippen LogP contribution in [0.3, 0.4) is 0 Å². The fourth-order valence-corrected chi connectivity index (χ4v) is 24.9. The third kappa shape index (κ3) is 8.05. The Kier molecular flexibility index (Phi) is 12.5. The van der Waals surface area contributed by atoms with Gasteiger partial charge < -0.3 is 25.8 Å². The molecule has 5 aromatic rings. The number of rotatable bonds is 4. The van der Waals surface area contributed by atoms with Gasteiger partial charge >= 0.3 is 0 Å². The highest BCUT2D eigenvalue weighted by Gasteiger charge is 2.48. The Morgan fingerprint density at radius 1 is 0.571 bits per heavy atom. The Balaban J connectivity index is 0.000000124. The summed E-state index contributed by atoms with van der Waals surface area (Å²) in [6.07, 6.45) is 24.6. The number of carbonyl (C=O) groups excluding carboxylic acids is 1. The number of carbonyl (C=O) groups is 1. The SMILES string of the molecule is C[Si]1(C)C2=C3CCC[N+]4=CCCC(=CC2=C(NCc2ccccc2)c2cc5c6c(c21)CCCN6CCC5)[C-]34.C[Si]1(C)c2c(cc3c4c2CCCN4CCC3)C(=O)c2cc3c4c(c21)CCCN4CCC3.NCc1ccccc1. The molecule has 0 bridgehead atoms. The second kappa shape index (κ2) is 19.5. The van der Waals surface area contributed by atoms with Crippen LogP contribution < -0.4 is 41.3 Å². The Bertz CT molecular complexity index is 3290. The lowest BCUT2D eigenvalue weighted by atomic mass is 9.79. The average molecular weight is 1050 g/mol. The normalized spacial score (nSPS) is 21.2. The van der Waals surface area contributed by atoms with E-state index in [1.165, 1.54) is 173 Å². The van der Waals surface area contributed by atoms with E-state index in [-0.39, 0.29) is 0 Å². The number of anilines is 3. The molecule has 0 spiro atoms. The molecule has 77 heavy (non-hydrogen) atoms. The van der Waals surface area contributed by atoms with Crippen LogP contribution in [0.25, 0.3) is 5.70 Å². The van der Waals surface area contributed by atoms with Crippen LogP contribution in [0.4, 0.5) is 17.1 Å². The van der Waals surface area contributed by atoms with Gasteiger partial charge in [0.05, 0.1) is 14.3 Å². The zero-order valence-electron chi connectivity index (χ0n) is 46.6. The molecule has 396 valence electrons. The number of benzene rings is 5. The van der Waals surface area contributed by atoms with E-state index in [2.05, 4.69) is 112 Å². The predicted molar refractivity (Wildman–Crippen MR) is 326 cm³/mol. The van der Waals surface area contributed by atoms with Gasteiger partial charge in [0, 0.05) is 92.7 Å². The zero-order valence-corrected chi connectivity index (χ0v) is 48.6. The largest absolute Gasteiger partial charge is 0.381 e. The van der Waals surface area contributed by atoms with Crippen molar-refractivity contribution in [2.75, 3.05) is 60.5 Å². The molecule has 1 fully saturated rings. The third-order valence-corrected chi connectivity index (χ3v) is 27.1. The number of nitrogens with two attached hydrogens (primary N) is 1. The molecular formula is C68H80N6OSi2. The van der Waals surface area contributed by atoms with Gasteiger partial charge in [0.1, 0.15) is 20.7 Å². The molecule has 1 saturated heterocycles. The van der Waals surface area contributed by atoms with E-state index >= 15 is 0 Å². The highest BCUT2D eigenvalue weighted by molar-refractivity contribution is 7.03. The standard InChI is InChI=1S/C34H39N3Si.C27H32N2OSi.C7H9N/c1-38(2)33-26-14-8-18-36-16-6-12-24(31(26)36)20-28(33)30(35-22-23-10-4-3-5-11-23)29-21-25-13-7-17-37-19-9-15-27(32(25)37)34(29)38;1-31(2)26-19-9-5-13-28-11-3-7-17(23(19)28)15-21(26)25(30)22-16-18-8-4-12-29-14-6-10-20(24(18)29)27(22)31;8-6-7-4-2-1-3-5-7/h3-5,10-11,16,20-21,35H,6-9,12-15,17-19,22H2,1-2H3;15-16H,3-14H2,1-2H3;1-5H,6,8H2. The van der Waals surface area contributed by atoms with Crippen molar-refractivity contribution in [3.63, 3.8) is 0 Å². The Morgan fingerprint density at radius 2 is 1.05 bits per heavy atom. The number of hydrogen-bond acceptors (Lipinski definition) is 6. The van der Waals surface area contributed by atoms with Crippen LogP contribution in [0.1, 0.15) is 130 Å². The lowest BCUT2D eigenvalue weighted by Gasteiger charge is -2.50. The molecule has 0 aromatic heterocycles. The second-order valence-corrected chi connectivity index (χ2v) is 33.7. The number of piperidine rings is 1. The van der Waals surface area contributed by atoms with Crippen molar-refractivity contribution in [1.82, 2.24) is 5.32 Å². The molecule has 10 aliphatic heterocycles. The number of fused-ring (bicyclic) bond motifs is 7. The van der Waals surface area contributed by atoms with E-state index < -0.39 is 16.1 Å². The Hall–Kier alpha value is -5.88. The van der Waals surface area contributed by atoms with Gasteiger partial charge in [-0.15, -0.1) is 11.3 Å². The summed E-state index contributed by atoms with van der Waals surface area (Å²) in [7, 11) is -3.94. The van der Waals surface area contributed by atoms with Crippen molar-refractivity contribution in [3.05, 3.63) is 174 Å². The lowest BCUT2D eigenvalue weighted by molar-refractivity contribution is -0.508. The highest BCUT2D eigenvalue weighted by Crippen LogP contribution is 2.52. The van der Waals surface area contributed by atoms with Gasteiger partial charge in [-0.2, -0.15) is 0 Å². The number of nitrogens with one attached hydrogen (secondary N) is 1. The van der Waals surface area contributed by atoms with E-state index in [0.717, 1.165) is 43.4 Å². The third-order valence-electron chi connectivity index (χ3n) is 19.8. The highest BCUT2D eigenvalue weighted by atomic mass is 28.3. The number of aryl methyl sites for hydroxylation is 3. The average Bonchev–Trinajstić information content (AvgIpc) is 3.48. The maximum atomic E-state index is 14.1. The molecular weight excluding hydrogens is 973 g/mol. The number of nitrogens with zero attached hydrogens (tertiary/aromatic N) is 4. The maximum Gasteiger partial charge on any atom is 0.192 e. The zero-order chi connectivity index (χ0) is 52.2. The van der Waals surface area contributed by atoms with Crippen molar-refractivity contribution < 1.29 is 9.37 Å². The first-order chi connectivity index (χ1) is 37.6. The van der Waals surface area contributed by atoms with E-state index in [0.29, 0.717) is 12.3 Å². The fourth-order valence-electron chi connectivity index (χ4n) is 17.0. The summed E-state index contributed by atoms with van der Waals surface area (Å²) < 4.78 is 2.62. The quantitative estimate of drug-likeness (QED) is 0.106.